The topological polar surface area (TPSA) is 38.8 Å². The molecule has 0 spiro atoms. The molecule has 4 nitrogen and oxygen atoms in total. The van der Waals surface area contributed by atoms with Crippen molar-refractivity contribution in [1.82, 2.24) is 5.23 Å². The molecule has 0 aliphatic heterocycles. The van der Waals surface area contributed by atoms with Gasteiger partial charge in [-0.1, -0.05) is 5.23 Å². The third kappa shape index (κ3) is 2.13. The van der Waals surface area contributed by atoms with Crippen LogP contribution in [0.3, 0.4) is 0 Å². The third-order valence-electron chi connectivity index (χ3n) is 0.406. The molecule has 0 atom stereocenters. The first-order chi connectivity index (χ1) is 3.35. The maximum atomic E-state index is 9.52. The van der Waals surface area contributed by atoms with Crippen LogP contribution in [-0.4, -0.2) is 25.9 Å². The van der Waals surface area contributed by atoms with E-state index in [9.17, 15) is 4.79 Å². The lowest BCUT2D eigenvalue weighted by Gasteiger charge is -2.05. The molecule has 0 fully saturated rings. The van der Waals surface area contributed by atoms with E-state index in [0.29, 0.717) is 5.23 Å². The van der Waals surface area contributed by atoms with E-state index in [-0.39, 0.29) is 0 Å². The molecule has 0 saturated carbocycles. The molecule has 0 aliphatic rings. The normalized spacial score (nSPS) is 8.29. The summed E-state index contributed by atoms with van der Waals surface area (Å²) in [7, 11) is 2.60. The highest BCUT2D eigenvalue weighted by Gasteiger charge is 1.92. The summed E-state index contributed by atoms with van der Waals surface area (Å²) in [6.45, 7) is 0. The van der Waals surface area contributed by atoms with E-state index < -0.39 is 0 Å². The SMILES string of the molecule is CON([C]=O)OC. The quantitative estimate of drug-likeness (QED) is 0.357. The number of nitrogens with zero attached hydrogens (tertiary/aromatic N) is 1. The molecule has 0 heterocycles. The predicted octanol–water partition coefficient (Wildman–Crippen LogP) is -0.522. The molecular formula is C3H6NO3. The second kappa shape index (κ2) is 3.58. The molecule has 4 heteroatoms. The lowest BCUT2D eigenvalue weighted by molar-refractivity contribution is -0.286. The summed E-state index contributed by atoms with van der Waals surface area (Å²) < 4.78 is 0. The van der Waals surface area contributed by atoms with Crippen molar-refractivity contribution in [3.63, 3.8) is 0 Å². The second-order valence-electron chi connectivity index (χ2n) is 0.714. The first-order valence-corrected chi connectivity index (χ1v) is 1.61. The molecule has 0 N–H and O–H groups in total. The number of carbonyl (C=O) groups excluding carboxylic acids is 1. The fraction of sp³-hybridized carbons (Fsp3) is 0.667. The van der Waals surface area contributed by atoms with Crippen molar-refractivity contribution in [2.45, 2.75) is 0 Å². The molecule has 1 amide bonds. The highest BCUT2D eigenvalue weighted by molar-refractivity contribution is 5.44. The number of amides is 1. The minimum atomic E-state index is 0.569. The van der Waals surface area contributed by atoms with Crippen molar-refractivity contribution in [2.75, 3.05) is 14.2 Å². The molecule has 0 unspecified atom stereocenters. The molecular weight excluding hydrogens is 98.0 g/mol. The van der Waals surface area contributed by atoms with Gasteiger partial charge in [-0.05, 0) is 0 Å². The van der Waals surface area contributed by atoms with Gasteiger partial charge in [0.15, 0.2) is 0 Å². The van der Waals surface area contributed by atoms with Crippen molar-refractivity contribution < 1.29 is 14.5 Å². The highest BCUT2D eigenvalue weighted by atomic mass is 16.9. The summed E-state index contributed by atoms with van der Waals surface area (Å²) in [5.74, 6) is 0. The van der Waals surface area contributed by atoms with Gasteiger partial charge >= 0.3 is 6.41 Å². The van der Waals surface area contributed by atoms with Crippen LogP contribution in [0.25, 0.3) is 0 Å². The second-order valence-corrected chi connectivity index (χ2v) is 0.714. The van der Waals surface area contributed by atoms with Gasteiger partial charge in [0.1, 0.15) is 0 Å². The number of rotatable bonds is 3. The van der Waals surface area contributed by atoms with Gasteiger partial charge in [-0.25, -0.2) is 9.68 Å². The van der Waals surface area contributed by atoms with Crippen LogP contribution in [0, 0.1) is 0 Å². The Morgan fingerprint density at radius 2 is 1.86 bits per heavy atom. The van der Waals surface area contributed by atoms with Gasteiger partial charge in [0.2, 0.25) is 0 Å². The molecule has 0 bridgehead atoms. The molecule has 0 aromatic carbocycles. The Kier molecular flexibility index (Phi) is 3.26. The minimum Gasteiger partial charge on any atom is -0.258 e. The Bertz CT molecular complexity index is 52.1. The van der Waals surface area contributed by atoms with E-state index in [1.807, 2.05) is 0 Å². The first kappa shape index (κ1) is 6.39. The molecule has 41 valence electrons. The van der Waals surface area contributed by atoms with Crippen molar-refractivity contribution in [3.8, 4) is 0 Å². The van der Waals surface area contributed by atoms with E-state index >= 15 is 0 Å². The van der Waals surface area contributed by atoms with Crippen LogP contribution in [0.1, 0.15) is 0 Å². The zero-order valence-corrected chi connectivity index (χ0v) is 4.17. The van der Waals surface area contributed by atoms with Gasteiger partial charge in [0.25, 0.3) is 0 Å². The Hall–Kier alpha value is -0.610. The lowest BCUT2D eigenvalue weighted by Crippen LogP contribution is -2.17. The summed E-state index contributed by atoms with van der Waals surface area (Å²) in [6.07, 6.45) is 1.34. The average molecular weight is 104 g/mol. The van der Waals surface area contributed by atoms with Gasteiger partial charge in [-0.3, -0.25) is 4.79 Å². The van der Waals surface area contributed by atoms with Crippen LogP contribution in [0.15, 0.2) is 0 Å². The lowest BCUT2D eigenvalue weighted by atomic mass is 11.4. The summed E-state index contributed by atoms with van der Waals surface area (Å²) in [5.41, 5.74) is 0. The molecule has 0 aliphatic carbocycles. The van der Waals surface area contributed by atoms with Crippen molar-refractivity contribution in [2.24, 2.45) is 0 Å². The van der Waals surface area contributed by atoms with Crippen LogP contribution in [0.2, 0.25) is 0 Å². The van der Waals surface area contributed by atoms with Crippen LogP contribution < -0.4 is 0 Å². The van der Waals surface area contributed by atoms with Gasteiger partial charge in [-0.15, -0.1) is 0 Å². The monoisotopic (exact) mass is 104 g/mol. The van der Waals surface area contributed by atoms with Gasteiger partial charge in [0.05, 0.1) is 14.2 Å². The van der Waals surface area contributed by atoms with Crippen LogP contribution in [-0.2, 0) is 14.5 Å². The standard InChI is InChI=1S/C3H6NO3/c1-6-4(3-5)7-2/h1-2H3. The zero-order chi connectivity index (χ0) is 5.70. The molecule has 0 rings (SSSR count). The van der Waals surface area contributed by atoms with Gasteiger partial charge in [0, 0.05) is 0 Å². The van der Waals surface area contributed by atoms with Crippen molar-refractivity contribution in [3.05, 3.63) is 0 Å². The summed E-state index contributed by atoms with van der Waals surface area (Å²) in [5, 5.41) is 0.569. The van der Waals surface area contributed by atoms with Crippen molar-refractivity contribution in [1.29, 1.82) is 0 Å². The molecule has 1 radical (unpaired) electrons. The number of hydroxylamine groups is 2. The Labute approximate surface area is 41.5 Å². The first-order valence-electron chi connectivity index (χ1n) is 1.61. The largest absolute Gasteiger partial charge is 0.366 e. The average Bonchev–Trinajstić information content (AvgIpc) is 1.72. The minimum absolute atomic E-state index is 0.569. The van der Waals surface area contributed by atoms with Crippen LogP contribution in [0.5, 0.6) is 0 Å². The third-order valence-corrected chi connectivity index (χ3v) is 0.406. The van der Waals surface area contributed by atoms with Crippen LogP contribution in [0.4, 0.5) is 0 Å². The maximum Gasteiger partial charge on any atom is 0.366 e. The molecule has 0 aromatic rings. The van der Waals surface area contributed by atoms with Crippen molar-refractivity contribution >= 4 is 6.41 Å². The zero-order valence-electron chi connectivity index (χ0n) is 4.17. The summed E-state index contributed by atoms with van der Waals surface area (Å²) in [4.78, 5) is 18.0. The van der Waals surface area contributed by atoms with Gasteiger partial charge < -0.3 is 0 Å². The van der Waals surface area contributed by atoms with E-state index in [2.05, 4.69) is 9.68 Å². The Morgan fingerprint density at radius 1 is 1.43 bits per heavy atom. The van der Waals surface area contributed by atoms with E-state index in [4.69, 9.17) is 0 Å². The molecule has 7 heavy (non-hydrogen) atoms. The maximum absolute atomic E-state index is 9.52. The highest BCUT2D eigenvalue weighted by Crippen LogP contribution is 1.76. The molecule has 0 saturated heterocycles. The van der Waals surface area contributed by atoms with Crippen LogP contribution >= 0.6 is 0 Å². The smallest absolute Gasteiger partial charge is 0.258 e. The number of hydrogen-bond acceptors (Lipinski definition) is 3. The molecule has 0 aromatic heterocycles. The van der Waals surface area contributed by atoms with E-state index in [1.54, 1.807) is 0 Å². The predicted molar refractivity (Wildman–Crippen MR) is 21.6 cm³/mol. The fourth-order valence-electron chi connectivity index (χ4n) is 0.149. The van der Waals surface area contributed by atoms with Gasteiger partial charge in [-0.2, -0.15) is 0 Å². The van der Waals surface area contributed by atoms with E-state index in [1.165, 1.54) is 20.6 Å². The summed E-state index contributed by atoms with van der Waals surface area (Å²) >= 11 is 0. The number of hydrogen-bond donors (Lipinski definition) is 0. The Balaban J connectivity index is 3.16. The Morgan fingerprint density at radius 3 is 1.86 bits per heavy atom. The summed E-state index contributed by atoms with van der Waals surface area (Å²) in [6, 6.07) is 0. The van der Waals surface area contributed by atoms with E-state index in [0.717, 1.165) is 0 Å². The fourth-order valence-corrected chi connectivity index (χ4v) is 0.149.